The quantitative estimate of drug-likeness (QED) is 0.593. The van der Waals surface area contributed by atoms with Gasteiger partial charge in [0.2, 0.25) is 0 Å². The number of carbonyl (C=O) groups is 2. The van der Waals surface area contributed by atoms with Crippen molar-refractivity contribution in [1.82, 2.24) is 9.88 Å². The minimum Gasteiger partial charge on any atom is -0.465 e. The van der Waals surface area contributed by atoms with Crippen LogP contribution in [0.5, 0.6) is 0 Å². The van der Waals surface area contributed by atoms with E-state index in [9.17, 15) is 27.9 Å². The maximum atomic E-state index is 13.1. The standard InChI is InChI=1S/C24H23F3N4O3/c1-23(2,3)31(22(33)34)21(15-6-4-14(13-28)5-7-15)20-17(8-9-18(20)32)30-16-10-11-29-19(12-16)24(25,26)27/h4-7,10-12,21H,8-9H2,1-3H3,(H,29,30)(H,33,34). The van der Waals surface area contributed by atoms with Crippen LogP contribution in [0.25, 0.3) is 0 Å². The van der Waals surface area contributed by atoms with Gasteiger partial charge in [0.15, 0.2) is 5.78 Å². The Balaban J connectivity index is 2.17. The molecule has 0 radical (unpaired) electrons. The molecule has 0 aliphatic heterocycles. The van der Waals surface area contributed by atoms with Gasteiger partial charge >= 0.3 is 12.3 Å². The second kappa shape index (κ2) is 9.17. The molecule has 1 heterocycles. The number of benzene rings is 1. The number of hydrogen-bond acceptors (Lipinski definition) is 5. The number of rotatable bonds is 5. The van der Waals surface area contributed by atoms with Crippen LogP contribution in [-0.4, -0.2) is 32.4 Å². The number of ketones is 1. The number of anilines is 1. The Bertz CT molecular complexity index is 1180. The molecule has 0 fully saturated rings. The molecule has 2 N–H and O–H groups in total. The van der Waals surface area contributed by atoms with Crippen LogP contribution in [0.1, 0.15) is 56.5 Å². The molecular formula is C24H23F3N4O3. The predicted molar refractivity (Wildman–Crippen MR) is 118 cm³/mol. The van der Waals surface area contributed by atoms with Gasteiger partial charge in [-0.15, -0.1) is 0 Å². The van der Waals surface area contributed by atoms with E-state index in [1.165, 1.54) is 18.2 Å². The van der Waals surface area contributed by atoms with Crippen molar-refractivity contribution >= 4 is 17.6 Å². The van der Waals surface area contributed by atoms with Gasteiger partial charge in [0.1, 0.15) is 5.69 Å². The smallest absolute Gasteiger partial charge is 0.433 e. The minimum absolute atomic E-state index is 0.0826. The number of carbonyl (C=O) groups excluding carboxylic acids is 1. The number of nitrogens with zero attached hydrogens (tertiary/aromatic N) is 3. The first-order valence-electron chi connectivity index (χ1n) is 10.4. The maximum absolute atomic E-state index is 13.1. The number of Topliss-reactive ketones (excluding diaryl/α,β-unsaturated/α-hetero) is 1. The van der Waals surface area contributed by atoms with E-state index in [1.54, 1.807) is 32.9 Å². The third kappa shape index (κ3) is 5.20. The molecule has 0 saturated carbocycles. The topological polar surface area (TPSA) is 106 Å². The Labute approximate surface area is 194 Å². The van der Waals surface area contributed by atoms with Gasteiger partial charge in [-0.2, -0.15) is 18.4 Å². The van der Waals surface area contributed by atoms with Gasteiger partial charge in [0.05, 0.1) is 17.7 Å². The number of aromatic nitrogens is 1. The molecule has 1 aliphatic carbocycles. The number of amides is 1. The van der Waals surface area contributed by atoms with Crippen molar-refractivity contribution in [3.8, 4) is 6.07 Å². The molecule has 0 bridgehead atoms. The summed E-state index contributed by atoms with van der Waals surface area (Å²) < 4.78 is 39.3. The fourth-order valence-electron chi connectivity index (χ4n) is 3.93. The Morgan fingerprint density at radius 3 is 2.35 bits per heavy atom. The van der Waals surface area contributed by atoms with Crippen LogP contribution >= 0.6 is 0 Å². The zero-order valence-corrected chi connectivity index (χ0v) is 18.8. The second-order valence-electron chi connectivity index (χ2n) is 8.83. The Morgan fingerprint density at radius 1 is 1.18 bits per heavy atom. The van der Waals surface area contributed by atoms with Crippen molar-refractivity contribution in [2.75, 3.05) is 5.32 Å². The molecule has 1 aliphatic rings. The van der Waals surface area contributed by atoms with Gasteiger partial charge in [-0.3, -0.25) is 14.7 Å². The van der Waals surface area contributed by atoms with Crippen LogP contribution in [0, 0.1) is 11.3 Å². The number of pyridine rings is 1. The summed E-state index contributed by atoms with van der Waals surface area (Å²) >= 11 is 0. The number of nitriles is 1. The van der Waals surface area contributed by atoms with E-state index >= 15 is 0 Å². The lowest BCUT2D eigenvalue weighted by atomic mass is 9.90. The van der Waals surface area contributed by atoms with Crippen molar-refractivity contribution in [3.63, 3.8) is 0 Å². The van der Waals surface area contributed by atoms with Crippen LogP contribution < -0.4 is 5.32 Å². The Morgan fingerprint density at radius 2 is 1.82 bits per heavy atom. The van der Waals surface area contributed by atoms with Crippen molar-refractivity contribution in [1.29, 1.82) is 5.26 Å². The largest absolute Gasteiger partial charge is 0.465 e. The van der Waals surface area contributed by atoms with Gasteiger partial charge < -0.3 is 10.4 Å². The lowest BCUT2D eigenvalue weighted by Crippen LogP contribution is -2.48. The summed E-state index contributed by atoms with van der Waals surface area (Å²) in [6.45, 7) is 5.05. The molecule has 1 aromatic heterocycles. The molecule has 1 atom stereocenters. The number of halogens is 3. The normalized spacial score (nSPS) is 15.1. The SMILES string of the molecule is CC(C)(C)N(C(=O)O)C(C1=C(Nc2ccnc(C(F)(F)F)c2)CCC1=O)c1ccc(C#N)cc1. The third-order valence-electron chi connectivity index (χ3n) is 5.39. The summed E-state index contributed by atoms with van der Waals surface area (Å²) in [6.07, 6.45) is -4.60. The highest BCUT2D eigenvalue weighted by Gasteiger charge is 2.41. The van der Waals surface area contributed by atoms with E-state index in [2.05, 4.69) is 10.3 Å². The lowest BCUT2D eigenvalue weighted by Gasteiger charge is -2.40. The van der Waals surface area contributed by atoms with E-state index in [0.29, 0.717) is 16.8 Å². The molecule has 1 unspecified atom stereocenters. The summed E-state index contributed by atoms with van der Waals surface area (Å²) in [5.41, 5.74) is -0.601. The first-order chi connectivity index (χ1) is 15.8. The van der Waals surface area contributed by atoms with Gasteiger partial charge in [-0.1, -0.05) is 12.1 Å². The van der Waals surface area contributed by atoms with E-state index in [-0.39, 0.29) is 29.9 Å². The Kier molecular flexibility index (Phi) is 6.68. The molecular weight excluding hydrogens is 449 g/mol. The predicted octanol–water partition coefficient (Wildman–Crippen LogP) is 5.52. The summed E-state index contributed by atoms with van der Waals surface area (Å²) in [5.74, 6) is -0.308. The summed E-state index contributed by atoms with van der Waals surface area (Å²) in [4.78, 5) is 29.9. The van der Waals surface area contributed by atoms with Crippen molar-refractivity contribution < 1.29 is 27.9 Å². The van der Waals surface area contributed by atoms with Crippen molar-refractivity contribution in [2.24, 2.45) is 0 Å². The van der Waals surface area contributed by atoms with Crippen molar-refractivity contribution in [2.45, 2.75) is 51.4 Å². The number of nitrogens with one attached hydrogen (secondary N) is 1. The number of allylic oxidation sites excluding steroid dienone is 1. The molecule has 10 heteroatoms. The van der Waals surface area contributed by atoms with Gasteiger partial charge in [0.25, 0.3) is 0 Å². The van der Waals surface area contributed by atoms with E-state index in [1.807, 2.05) is 6.07 Å². The number of alkyl halides is 3. The molecule has 178 valence electrons. The van der Waals surface area contributed by atoms with Crippen LogP contribution in [0.15, 0.2) is 53.9 Å². The van der Waals surface area contributed by atoms with Crippen LogP contribution in [0.4, 0.5) is 23.7 Å². The van der Waals surface area contributed by atoms with Crippen LogP contribution in [-0.2, 0) is 11.0 Å². The van der Waals surface area contributed by atoms with Crippen LogP contribution in [0.3, 0.4) is 0 Å². The zero-order valence-electron chi connectivity index (χ0n) is 18.8. The maximum Gasteiger partial charge on any atom is 0.433 e. The molecule has 0 spiro atoms. The lowest BCUT2D eigenvalue weighted by molar-refractivity contribution is -0.141. The highest BCUT2D eigenvalue weighted by atomic mass is 19.4. The molecule has 1 aromatic carbocycles. The zero-order chi connectivity index (χ0) is 25.3. The summed E-state index contributed by atoms with van der Waals surface area (Å²) in [7, 11) is 0. The Hall–Kier alpha value is -3.87. The first kappa shape index (κ1) is 24.8. The molecule has 2 aromatic rings. The molecule has 3 rings (SSSR count). The number of hydrogen-bond donors (Lipinski definition) is 2. The van der Waals surface area contributed by atoms with E-state index in [4.69, 9.17) is 5.26 Å². The number of carboxylic acid groups (broad SMARTS) is 1. The third-order valence-corrected chi connectivity index (χ3v) is 5.39. The average Bonchev–Trinajstić information content (AvgIpc) is 3.10. The summed E-state index contributed by atoms with van der Waals surface area (Å²) in [5, 5.41) is 22.1. The van der Waals surface area contributed by atoms with Crippen molar-refractivity contribution in [3.05, 3.63) is 70.7 Å². The van der Waals surface area contributed by atoms with Gasteiger partial charge in [-0.25, -0.2) is 4.79 Å². The second-order valence-corrected chi connectivity index (χ2v) is 8.83. The summed E-state index contributed by atoms with van der Waals surface area (Å²) in [6, 6.07) is 9.35. The first-order valence-corrected chi connectivity index (χ1v) is 10.4. The average molecular weight is 472 g/mol. The fraction of sp³-hybridized carbons (Fsp3) is 0.333. The molecule has 34 heavy (non-hydrogen) atoms. The highest BCUT2D eigenvalue weighted by molar-refractivity contribution is 6.01. The minimum atomic E-state index is -4.64. The van der Waals surface area contributed by atoms with Gasteiger partial charge in [0, 0.05) is 35.1 Å². The van der Waals surface area contributed by atoms with Crippen LogP contribution in [0.2, 0.25) is 0 Å². The van der Waals surface area contributed by atoms with E-state index in [0.717, 1.165) is 17.2 Å². The molecule has 7 nitrogen and oxygen atoms in total. The van der Waals surface area contributed by atoms with E-state index < -0.39 is 29.5 Å². The molecule has 1 amide bonds. The molecule has 0 saturated heterocycles. The van der Waals surface area contributed by atoms with Gasteiger partial charge in [-0.05, 0) is 57.0 Å². The highest BCUT2D eigenvalue weighted by Crippen LogP contribution is 2.41. The monoisotopic (exact) mass is 472 g/mol. The fourth-order valence-corrected chi connectivity index (χ4v) is 3.93.